The number of amides is 1. The molecule has 1 heterocycles. The number of carbonyl (C=O) groups excluding carboxylic acids is 1. The maximum absolute atomic E-state index is 12.3. The number of benzene rings is 2. The third-order valence-corrected chi connectivity index (χ3v) is 3.82. The standard InChI is InChI=1S/C15H10ClN3OS/c16-11-8-6-10(7-9-11)13-14(21-19-18-13)15(20)17-12-4-2-1-3-5-12/h1-9H,(H,17,20). The summed E-state index contributed by atoms with van der Waals surface area (Å²) in [7, 11) is 0. The van der Waals surface area contributed by atoms with Gasteiger partial charge in [-0.25, -0.2) is 0 Å². The molecule has 3 rings (SSSR count). The molecule has 0 aliphatic heterocycles. The molecule has 0 aliphatic rings. The lowest BCUT2D eigenvalue weighted by Crippen LogP contribution is -2.11. The van der Waals surface area contributed by atoms with E-state index in [1.807, 2.05) is 42.5 Å². The maximum Gasteiger partial charge on any atom is 0.269 e. The van der Waals surface area contributed by atoms with Gasteiger partial charge in [0.05, 0.1) is 0 Å². The summed E-state index contributed by atoms with van der Waals surface area (Å²) in [5.74, 6) is -0.221. The lowest BCUT2D eigenvalue weighted by Gasteiger charge is -2.04. The van der Waals surface area contributed by atoms with Crippen LogP contribution in [-0.2, 0) is 0 Å². The zero-order valence-corrected chi connectivity index (χ0v) is 12.4. The van der Waals surface area contributed by atoms with E-state index in [0.29, 0.717) is 15.6 Å². The second-order valence-corrected chi connectivity index (χ2v) is 5.47. The van der Waals surface area contributed by atoms with Crippen molar-refractivity contribution in [2.45, 2.75) is 0 Å². The van der Waals surface area contributed by atoms with Crippen LogP contribution in [0.2, 0.25) is 5.02 Å². The minimum atomic E-state index is -0.221. The Morgan fingerprint density at radius 3 is 2.48 bits per heavy atom. The van der Waals surface area contributed by atoms with Crippen LogP contribution in [0.4, 0.5) is 5.69 Å². The summed E-state index contributed by atoms with van der Waals surface area (Å²) in [5.41, 5.74) is 2.11. The molecule has 21 heavy (non-hydrogen) atoms. The van der Waals surface area contributed by atoms with Gasteiger partial charge in [-0.3, -0.25) is 4.79 Å². The van der Waals surface area contributed by atoms with Gasteiger partial charge in [-0.15, -0.1) is 5.10 Å². The van der Waals surface area contributed by atoms with E-state index in [-0.39, 0.29) is 5.91 Å². The lowest BCUT2D eigenvalue weighted by atomic mass is 10.1. The molecule has 0 unspecified atom stereocenters. The molecular formula is C15H10ClN3OS. The van der Waals surface area contributed by atoms with E-state index >= 15 is 0 Å². The topological polar surface area (TPSA) is 54.9 Å². The number of hydrogen-bond acceptors (Lipinski definition) is 4. The van der Waals surface area contributed by atoms with E-state index in [1.165, 1.54) is 0 Å². The minimum absolute atomic E-state index is 0.221. The third kappa shape index (κ3) is 3.09. The molecule has 0 saturated carbocycles. The minimum Gasteiger partial charge on any atom is -0.321 e. The van der Waals surface area contributed by atoms with E-state index in [4.69, 9.17) is 11.6 Å². The first-order valence-corrected chi connectivity index (χ1v) is 7.34. The summed E-state index contributed by atoms with van der Waals surface area (Å²) < 4.78 is 3.88. The van der Waals surface area contributed by atoms with E-state index in [9.17, 15) is 4.79 Å². The third-order valence-electron chi connectivity index (χ3n) is 2.84. The van der Waals surface area contributed by atoms with Gasteiger partial charge in [-0.2, -0.15) is 0 Å². The first-order valence-electron chi connectivity index (χ1n) is 6.19. The van der Waals surface area contributed by atoms with Crippen molar-refractivity contribution in [2.24, 2.45) is 0 Å². The number of halogens is 1. The van der Waals surface area contributed by atoms with Gasteiger partial charge in [0.15, 0.2) is 0 Å². The molecule has 2 aromatic carbocycles. The van der Waals surface area contributed by atoms with Gasteiger partial charge in [0.1, 0.15) is 10.6 Å². The van der Waals surface area contributed by atoms with Crippen LogP contribution in [0.3, 0.4) is 0 Å². The largest absolute Gasteiger partial charge is 0.321 e. The fourth-order valence-corrected chi connectivity index (χ4v) is 2.55. The van der Waals surface area contributed by atoms with Gasteiger partial charge in [-0.1, -0.05) is 46.4 Å². The number of nitrogens with one attached hydrogen (secondary N) is 1. The van der Waals surface area contributed by atoms with Gasteiger partial charge in [0, 0.05) is 16.3 Å². The van der Waals surface area contributed by atoms with Crippen molar-refractivity contribution in [1.82, 2.24) is 9.59 Å². The summed E-state index contributed by atoms with van der Waals surface area (Å²) in [6.07, 6.45) is 0. The van der Waals surface area contributed by atoms with Gasteiger partial charge < -0.3 is 5.32 Å². The molecule has 3 aromatic rings. The molecule has 0 atom stereocenters. The van der Waals surface area contributed by atoms with Crippen LogP contribution in [0.25, 0.3) is 11.3 Å². The molecule has 4 nitrogen and oxygen atoms in total. The quantitative estimate of drug-likeness (QED) is 0.791. The Hall–Kier alpha value is -2.24. The molecule has 1 aromatic heterocycles. The Morgan fingerprint density at radius 1 is 1.05 bits per heavy atom. The summed E-state index contributed by atoms with van der Waals surface area (Å²) in [5, 5.41) is 7.51. The Balaban J connectivity index is 1.88. The summed E-state index contributed by atoms with van der Waals surface area (Å²) >= 11 is 6.94. The van der Waals surface area contributed by atoms with E-state index in [2.05, 4.69) is 14.9 Å². The molecule has 0 spiro atoms. The number of carbonyl (C=O) groups is 1. The maximum atomic E-state index is 12.3. The van der Waals surface area contributed by atoms with Crippen molar-refractivity contribution >= 4 is 34.7 Å². The SMILES string of the molecule is O=C(Nc1ccccc1)c1snnc1-c1ccc(Cl)cc1. The van der Waals surface area contributed by atoms with E-state index < -0.39 is 0 Å². The Labute approximate surface area is 130 Å². The number of nitrogens with zero attached hydrogens (tertiary/aromatic N) is 2. The molecule has 0 bridgehead atoms. The van der Waals surface area contributed by atoms with Crippen LogP contribution in [0.5, 0.6) is 0 Å². The van der Waals surface area contributed by atoms with Gasteiger partial charge in [0.25, 0.3) is 5.91 Å². The summed E-state index contributed by atoms with van der Waals surface area (Å²) in [6, 6.07) is 16.4. The second kappa shape index (κ2) is 6.03. The fourth-order valence-electron chi connectivity index (χ4n) is 1.85. The number of hydrogen-bond donors (Lipinski definition) is 1. The fraction of sp³-hybridized carbons (Fsp3) is 0. The average Bonchev–Trinajstić information content (AvgIpc) is 2.98. The summed E-state index contributed by atoms with van der Waals surface area (Å²) in [4.78, 5) is 12.8. The second-order valence-electron chi connectivity index (χ2n) is 4.28. The summed E-state index contributed by atoms with van der Waals surface area (Å²) in [6.45, 7) is 0. The lowest BCUT2D eigenvalue weighted by molar-refractivity contribution is 0.103. The van der Waals surface area contributed by atoms with Crippen molar-refractivity contribution in [1.29, 1.82) is 0 Å². The molecule has 0 saturated heterocycles. The van der Waals surface area contributed by atoms with Gasteiger partial charge in [-0.05, 0) is 35.8 Å². The zero-order chi connectivity index (χ0) is 14.7. The first kappa shape index (κ1) is 13.7. The van der Waals surface area contributed by atoms with Crippen LogP contribution in [0, 0.1) is 0 Å². The highest BCUT2D eigenvalue weighted by Gasteiger charge is 2.17. The molecule has 0 aliphatic carbocycles. The number of rotatable bonds is 3. The average molecular weight is 316 g/mol. The molecular weight excluding hydrogens is 306 g/mol. The predicted octanol–water partition coefficient (Wildman–Crippen LogP) is 4.11. The smallest absolute Gasteiger partial charge is 0.269 e. The highest BCUT2D eigenvalue weighted by Crippen LogP contribution is 2.26. The Bertz CT molecular complexity index is 756. The van der Waals surface area contributed by atoms with E-state index in [1.54, 1.807) is 12.1 Å². The number of anilines is 1. The van der Waals surface area contributed by atoms with Crippen LogP contribution >= 0.6 is 23.1 Å². The highest BCUT2D eigenvalue weighted by molar-refractivity contribution is 7.08. The highest BCUT2D eigenvalue weighted by atomic mass is 35.5. The van der Waals surface area contributed by atoms with Crippen molar-refractivity contribution in [3.05, 3.63) is 64.5 Å². The number of para-hydroxylation sites is 1. The molecule has 1 amide bonds. The molecule has 0 radical (unpaired) electrons. The predicted molar refractivity (Wildman–Crippen MR) is 84.8 cm³/mol. The number of aromatic nitrogens is 2. The Kier molecular flexibility index (Phi) is 3.94. The van der Waals surface area contributed by atoms with Gasteiger partial charge in [0.2, 0.25) is 0 Å². The Morgan fingerprint density at radius 2 is 1.76 bits per heavy atom. The van der Waals surface area contributed by atoms with Crippen molar-refractivity contribution < 1.29 is 4.79 Å². The van der Waals surface area contributed by atoms with Crippen LogP contribution in [0.1, 0.15) is 9.67 Å². The van der Waals surface area contributed by atoms with Crippen molar-refractivity contribution in [3.63, 3.8) is 0 Å². The van der Waals surface area contributed by atoms with E-state index in [0.717, 1.165) is 22.8 Å². The molecule has 0 fully saturated rings. The normalized spacial score (nSPS) is 10.3. The first-order chi connectivity index (χ1) is 10.2. The van der Waals surface area contributed by atoms with Crippen LogP contribution in [-0.4, -0.2) is 15.5 Å². The van der Waals surface area contributed by atoms with Crippen molar-refractivity contribution in [3.8, 4) is 11.3 Å². The molecule has 104 valence electrons. The molecule has 6 heteroatoms. The zero-order valence-electron chi connectivity index (χ0n) is 10.8. The van der Waals surface area contributed by atoms with Gasteiger partial charge >= 0.3 is 0 Å². The van der Waals surface area contributed by atoms with Crippen LogP contribution in [0.15, 0.2) is 54.6 Å². The molecule has 1 N–H and O–H groups in total. The monoisotopic (exact) mass is 315 g/mol. The van der Waals surface area contributed by atoms with Crippen molar-refractivity contribution in [2.75, 3.05) is 5.32 Å². The van der Waals surface area contributed by atoms with Crippen LogP contribution < -0.4 is 5.32 Å².